The van der Waals surface area contributed by atoms with Crippen LogP contribution in [0.5, 0.6) is 0 Å². The summed E-state index contributed by atoms with van der Waals surface area (Å²) in [6.07, 6.45) is 0. The molecule has 3 nitrogen and oxygen atoms in total. The van der Waals surface area contributed by atoms with Gasteiger partial charge in [0.1, 0.15) is 0 Å². The quantitative estimate of drug-likeness (QED) is 0.497. The average Bonchev–Trinajstić information content (AvgIpc) is 2.02. The van der Waals surface area contributed by atoms with Gasteiger partial charge >= 0.3 is 0 Å². The molecule has 0 aromatic heterocycles. The van der Waals surface area contributed by atoms with Crippen molar-refractivity contribution in [1.82, 2.24) is 0 Å². The molecule has 0 unspecified atom stereocenters. The van der Waals surface area contributed by atoms with E-state index in [0.29, 0.717) is 22.8 Å². The second-order valence-electron chi connectivity index (χ2n) is 2.27. The lowest BCUT2D eigenvalue weighted by Gasteiger charge is -2.00. The molecule has 0 bridgehead atoms. The summed E-state index contributed by atoms with van der Waals surface area (Å²) in [5, 5.41) is 0. The van der Waals surface area contributed by atoms with Gasteiger partial charge in [-0.2, -0.15) is 0 Å². The van der Waals surface area contributed by atoms with Crippen LogP contribution in [0.2, 0.25) is 0 Å². The Morgan fingerprint density at radius 2 is 1.67 bits per heavy atom. The van der Waals surface area contributed by atoms with Crippen molar-refractivity contribution in [2.75, 3.05) is 0 Å². The fourth-order valence-electron chi connectivity index (χ4n) is 0.430. The highest BCUT2D eigenvalue weighted by Crippen LogP contribution is 2.07. The second-order valence-corrected chi connectivity index (χ2v) is 2.27. The van der Waals surface area contributed by atoms with Crippen molar-refractivity contribution in [2.24, 2.45) is 15.7 Å². The third-order valence-corrected chi connectivity index (χ3v) is 1.29. The van der Waals surface area contributed by atoms with Crippen molar-refractivity contribution < 1.29 is 0 Å². The molecule has 0 radical (unpaired) electrons. The van der Waals surface area contributed by atoms with E-state index in [9.17, 15) is 0 Å². The zero-order valence-electron chi connectivity index (χ0n) is 7.30. The van der Waals surface area contributed by atoms with Crippen molar-refractivity contribution in [3.63, 3.8) is 0 Å². The summed E-state index contributed by atoms with van der Waals surface area (Å²) in [7, 11) is 0. The maximum atomic E-state index is 5.38. The molecule has 0 heterocycles. The first-order chi connectivity index (χ1) is 5.49. The highest BCUT2D eigenvalue weighted by Gasteiger charge is 1.96. The van der Waals surface area contributed by atoms with Crippen LogP contribution in [0, 0.1) is 0 Å². The smallest absolute Gasteiger partial charge is 0.0812 e. The van der Waals surface area contributed by atoms with E-state index < -0.39 is 0 Å². The third kappa shape index (κ3) is 2.96. The van der Waals surface area contributed by atoms with Crippen molar-refractivity contribution in [3.8, 4) is 0 Å². The standard InChI is InChI=1S/C9H13N3/c1-6(10)7(2)12-9(4)8(3)11-5/h1,3-5,10H2,2H3/b12-7+. The molecule has 0 atom stereocenters. The van der Waals surface area contributed by atoms with Gasteiger partial charge < -0.3 is 5.73 Å². The van der Waals surface area contributed by atoms with Gasteiger partial charge in [0.2, 0.25) is 0 Å². The molecular formula is C9H13N3. The molecule has 0 aliphatic heterocycles. The van der Waals surface area contributed by atoms with E-state index in [1.165, 1.54) is 0 Å². The van der Waals surface area contributed by atoms with Gasteiger partial charge in [-0.25, -0.2) is 0 Å². The fourth-order valence-corrected chi connectivity index (χ4v) is 0.430. The Hall–Kier alpha value is -1.64. The fraction of sp³-hybridized carbons (Fsp3) is 0.111. The molecular weight excluding hydrogens is 150 g/mol. The van der Waals surface area contributed by atoms with Crippen LogP contribution in [0.25, 0.3) is 0 Å². The summed E-state index contributed by atoms with van der Waals surface area (Å²) in [4.78, 5) is 7.59. The minimum atomic E-state index is 0.410. The highest BCUT2D eigenvalue weighted by molar-refractivity contribution is 5.97. The van der Waals surface area contributed by atoms with E-state index in [1.807, 2.05) is 0 Å². The second kappa shape index (κ2) is 4.28. The van der Waals surface area contributed by atoms with Crippen LogP contribution in [0.4, 0.5) is 0 Å². The van der Waals surface area contributed by atoms with Crippen LogP contribution in [-0.2, 0) is 0 Å². The lowest BCUT2D eigenvalue weighted by Crippen LogP contribution is -2.05. The van der Waals surface area contributed by atoms with Crippen LogP contribution in [-0.4, -0.2) is 12.4 Å². The van der Waals surface area contributed by atoms with E-state index in [-0.39, 0.29) is 0 Å². The average molecular weight is 163 g/mol. The van der Waals surface area contributed by atoms with Gasteiger partial charge in [0.25, 0.3) is 0 Å². The largest absolute Gasteiger partial charge is 0.398 e. The first kappa shape index (κ1) is 10.4. The van der Waals surface area contributed by atoms with E-state index >= 15 is 0 Å². The number of hydrogen-bond acceptors (Lipinski definition) is 3. The van der Waals surface area contributed by atoms with Gasteiger partial charge in [0.05, 0.1) is 17.1 Å². The predicted molar refractivity (Wildman–Crippen MR) is 54.3 cm³/mol. The van der Waals surface area contributed by atoms with Crippen molar-refractivity contribution in [1.29, 1.82) is 0 Å². The normalized spacial score (nSPS) is 10.6. The molecule has 0 saturated carbocycles. The molecule has 0 aromatic carbocycles. The molecule has 12 heavy (non-hydrogen) atoms. The summed E-state index contributed by atoms with van der Waals surface area (Å²) >= 11 is 0. The van der Waals surface area contributed by atoms with Gasteiger partial charge in [0, 0.05) is 5.70 Å². The van der Waals surface area contributed by atoms with E-state index in [2.05, 4.69) is 36.4 Å². The summed E-state index contributed by atoms with van der Waals surface area (Å²) in [6.45, 7) is 15.8. The summed E-state index contributed by atoms with van der Waals surface area (Å²) in [5.74, 6) is 0. The molecule has 0 aliphatic carbocycles. The van der Waals surface area contributed by atoms with Gasteiger partial charge in [-0.3, -0.25) is 9.98 Å². The number of nitrogens with two attached hydrogens (primary N) is 1. The van der Waals surface area contributed by atoms with E-state index in [4.69, 9.17) is 5.73 Å². The first-order valence-corrected chi connectivity index (χ1v) is 3.34. The van der Waals surface area contributed by atoms with E-state index in [0.717, 1.165) is 0 Å². The SMILES string of the molecule is C=NC(=C)C(=C)/N=C(\C)C(=C)N. The van der Waals surface area contributed by atoms with Gasteiger partial charge in [0.15, 0.2) is 0 Å². The lowest BCUT2D eigenvalue weighted by molar-refractivity contribution is 1.26. The lowest BCUT2D eigenvalue weighted by atomic mass is 10.3. The van der Waals surface area contributed by atoms with Crippen LogP contribution in [0.15, 0.2) is 46.8 Å². The molecule has 0 amide bonds. The predicted octanol–water partition coefficient (Wildman–Crippen LogP) is 1.65. The molecule has 0 rings (SSSR count). The van der Waals surface area contributed by atoms with Crippen molar-refractivity contribution in [3.05, 3.63) is 36.8 Å². The Labute approximate surface area is 72.7 Å². The van der Waals surface area contributed by atoms with Crippen LogP contribution in [0.1, 0.15) is 6.92 Å². The van der Waals surface area contributed by atoms with Gasteiger partial charge in [-0.05, 0) is 13.6 Å². The molecule has 0 fully saturated rings. The van der Waals surface area contributed by atoms with E-state index in [1.54, 1.807) is 6.92 Å². The maximum Gasteiger partial charge on any atom is 0.0812 e. The van der Waals surface area contributed by atoms with Crippen molar-refractivity contribution >= 4 is 12.4 Å². The summed E-state index contributed by atoms with van der Waals surface area (Å²) in [5.41, 5.74) is 7.30. The van der Waals surface area contributed by atoms with Gasteiger partial charge in [-0.1, -0.05) is 19.7 Å². The number of nitrogens with zero attached hydrogens (tertiary/aromatic N) is 2. The van der Waals surface area contributed by atoms with Crippen LogP contribution >= 0.6 is 0 Å². The maximum absolute atomic E-state index is 5.38. The Morgan fingerprint density at radius 1 is 1.17 bits per heavy atom. The van der Waals surface area contributed by atoms with Crippen LogP contribution < -0.4 is 5.73 Å². The Bertz CT molecular complexity index is 271. The highest BCUT2D eigenvalue weighted by atomic mass is 14.9. The number of rotatable bonds is 4. The number of aliphatic imine (C=N–C) groups is 2. The third-order valence-electron chi connectivity index (χ3n) is 1.29. The first-order valence-electron chi connectivity index (χ1n) is 3.34. The summed E-state index contributed by atoms with van der Waals surface area (Å²) in [6, 6.07) is 0. The number of allylic oxidation sites excluding steroid dienone is 1. The summed E-state index contributed by atoms with van der Waals surface area (Å²) < 4.78 is 0. The number of hydrogen-bond donors (Lipinski definition) is 1. The molecule has 2 N–H and O–H groups in total. The molecule has 0 spiro atoms. The van der Waals surface area contributed by atoms with Crippen molar-refractivity contribution in [2.45, 2.75) is 6.92 Å². The van der Waals surface area contributed by atoms with Crippen LogP contribution in [0.3, 0.4) is 0 Å². The minimum Gasteiger partial charge on any atom is -0.398 e. The molecule has 0 saturated heterocycles. The Balaban J connectivity index is 4.55. The Morgan fingerprint density at radius 3 is 2.00 bits per heavy atom. The Kier molecular flexibility index (Phi) is 3.70. The zero-order chi connectivity index (χ0) is 9.72. The molecule has 0 aliphatic rings. The molecule has 3 heteroatoms. The zero-order valence-corrected chi connectivity index (χ0v) is 7.30. The monoisotopic (exact) mass is 163 g/mol. The van der Waals surface area contributed by atoms with Gasteiger partial charge in [-0.15, -0.1) is 0 Å². The molecule has 64 valence electrons. The topological polar surface area (TPSA) is 50.7 Å². The minimum absolute atomic E-state index is 0.410. The molecule has 0 aromatic rings.